The summed E-state index contributed by atoms with van der Waals surface area (Å²) in [7, 11) is 0. The second-order valence-electron chi connectivity index (χ2n) is 4.00. The molecule has 0 saturated heterocycles. The average Bonchev–Trinajstić information content (AvgIpc) is 2.90. The van der Waals surface area contributed by atoms with Crippen molar-refractivity contribution in [3.05, 3.63) is 55.4 Å². The second-order valence-corrected chi connectivity index (χ2v) is 5.98. The molecule has 0 aliphatic rings. The molecule has 1 N–H and O–H groups in total. The first kappa shape index (κ1) is 14.7. The van der Waals surface area contributed by atoms with Crippen LogP contribution in [0.4, 0.5) is 10.7 Å². The van der Waals surface area contributed by atoms with Crippen LogP contribution in [0.15, 0.2) is 34.8 Å². The number of aryl methyl sites for hydroxylation is 1. The van der Waals surface area contributed by atoms with Crippen LogP contribution in [0.25, 0.3) is 0 Å². The third-order valence-electron chi connectivity index (χ3n) is 2.69. The summed E-state index contributed by atoms with van der Waals surface area (Å²) >= 11 is 4.25. The highest BCUT2D eigenvalue weighted by molar-refractivity contribution is 9.10. The van der Waals surface area contributed by atoms with Crippen LogP contribution in [-0.2, 0) is 6.42 Å². The monoisotopic (exact) mass is 354 g/mol. The molecule has 0 bridgehead atoms. The predicted octanol–water partition coefficient (Wildman–Crippen LogP) is 4.23. The zero-order valence-electron chi connectivity index (χ0n) is 10.6. The molecule has 104 valence electrons. The largest absolute Gasteiger partial charge is 0.324 e. The highest BCUT2D eigenvalue weighted by atomic mass is 79.9. The molecule has 0 spiro atoms. The standard InChI is InChI=1S/C13H11BrN2O3S/c1-2-8-7-9(14)3-4-10(8)15-13(17)11-5-6-12(20-11)16(18)19/h3-7H,2H2,1H3,(H,15,17). The van der Waals surface area contributed by atoms with E-state index in [0.29, 0.717) is 4.88 Å². The summed E-state index contributed by atoms with van der Waals surface area (Å²) in [6.07, 6.45) is 0.777. The van der Waals surface area contributed by atoms with E-state index in [1.54, 1.807) is 0 Å². The molecule has 0 saturated carbocycles. The van der Waals surface area contributed by atoms with Crippen LogP contribution in [-0.4, -0.2) is 10.8 Å². The van der Waals surface area contributed by atoms with E-state index in [0.717, 1.165) is 33.5 Å². The fourth-order valence-corrected chi connectivity index (χ4v) is 2.83. The van der Waals surface area contributed by atoms with Crippen molar-refractivity contribution in [3.8, 4) is 0 Å². The number of thiophene rings is 1. The van der Waals surface area contributed by atoms with Crippen LogP contribution < -0.4 is 5.32 Å². The van der Waals surface area contributed by atoms with E-state index in [1.807, 2.05) is 25.1 Å². The SMILES string of the molecule is CCc1cc(Br)ccc1NC(=O)c1ccc([N+](=O)[O-])s1. The molecule has 1 aromatic carbocycles. The number of carbonyl (C=O) groups excluding carboxylic acids is 1. The summed E-state index contributed by atoms with van der Waals surface area (Å²) < 4.78 is 0.944. The van der Waals surface area contributed by atoms with Crippen LogP contribution >= 0.6 is 27.3 Å². The number of hydrogen-bond donors (Lipinski definition) is 1. The van der Waals surface area contributed by atoms with Crippen molar-refractivity contribution in [3.63, 3.8) is 0 Å². The lowest BCUT2D eigenvalue weighted by Crippen LogP contribution is -2.11. The minimum Gasteiger partial charge on any atom is -0.321 e. The Labute approximate surface area is 127 Å². The Bertz CT molecular complexity index is 669. The number of benzene rings is 1. The number of carbonyl (C=O) groups is 1. The molecule has 2 aromatic rings. The van der Waals surface area contributed by atoms with Gasteiger partial charge in [0.1, 0.15) is 0 Å². The van der Waals surface area contributed by atoms with E-state index in [2.05, 4.69) is 21.2 Å². The van der Waals surface area contributed by atoms with E-state index >= 15 is 0 Å². The molecule has 0 aliphatic carbocycles. The first-order valence-electron chi connectivity index (χ1n) is 5.85. The number of anilines is 1. The number of nitro groups is 1. The lowest BCUT2D eigenvalue weighted by atomic mass is 10.1. The lowest BCUT2D eigenvalue weighted by Gasteiger charge is -2.09. The van der Waals surface area contributed by atoms with E-state index in [1.165, 1.54) is 12.1 Å². The summed E-state index contributed by atoms with van der Waals surface area (Å²) in [6.45, 7) is 1.99. The first-order chi connectivity index (χ1) is 9.51. The van der Waals surface area contributed by atoms with Crippen molar-refractivity contribution in [2.24, 2.45) is 0 Å². The zero-order valence-corrected chi connectivity index (χ0v) is 13.0. The quantitative estimate of drug-likeness (QED) is 0.659. The summed E-state index contributed by atoms with van der Waals surface area (Å²) in [5, 5.41) is 13.4. The molecule has 2 rings (SSSR count). The van der Waals surface area contributed by atoms with Gasteiger partial charge in [0.05, 0.1) is 9.80 Å². The Balaban J connectivity index is 2.20. The van der Waals surface area contributed by atoms with E-state index in [4.69, 9.17) is 0 Å². The minimum absolute atomic E-state index is 0.0401. The molecule has 1 amide bonds. The maximum absolute atomic E-state index is 12.1. The third kappa shape index (κ3) is 3.23. The Kier molecular flexibility index (Phi) is 4.51. The molecule has 1 aromatic heterocycles. The normalized spacial score (nSPS) is 10.3. The number of nitrogens with one attached hydrogen (secondary N) is 1. The van der Waals surface area contributed by atoms with Crippen molar-refractivity contribution in [1.82, 2.24) is 0 Å². The summed E-state index contributed by atoms with van der Waals surface area (Å²) in [5.41, 5.74) is 1.72. The van der Waals surface area contributed by atoms with Gasteiger partial charge in [-0.05, 0) is 36.2 Å². The van der Waals surface area contributed by atoms with Crippen molar-refractivity contribution in [2.75, 3.05) is 5.32 Å². The van der Waals surface area contributed by atoms with Gasteiger partial charge in [-0.3, -0.25) is 14.9 Å². The van der Waals surface area contributed by atoms with Crippen molar-refractivity contribution in [2.45, 2.75) is 13.3 Å². The van der Waals surface area contributed by atoms with Crippen molar-refractivity contribution in [1.29, 1.82) is 0 Å². The molecule has 0 unspecified atom stereocenters. The van der Waals surface area contributed by atoms with Gasteiger partial charge in [0.15, 0.2) is 0 Å². The van der Waals surface area contributed by atoms with Crippen LogP contribution in [0.3, 0.4) is 0 Å². The summed E-state index contributed by atoms with van der Waals surface area (Å²) in [5.74, 6) is -0.333. The van der Waals surface area contributed by atoms with Gasteiger partial charge in [0.2, 0.25) is 0 Å². The molecule has 1 heterocycles. The van der Waals surface area contributed by atoms with Gasteiger partial charge in [-0.1, -0.05) is 34.2 Å². The molecule has 7 heteroatoms. The third-order valence-corrected chi connectivity index (χ3v) is 4.22. The number of amides is 1. The topological polar surface area (TPSA) is 72.2 Å². The van der Waals surface area contributed by atoms with Gasteiger partial charge in [-0.15, -0.1) is 0 Å². The molecule has 0 atom stereocenters. The van der Waals surface area contributed by atoms with Gasteiger partial charge >= 0.3 is 5.00 Å². The van der Waals surface area contributed by atoms with Gasteiger partial charge in [0.25, 0.3) is 5.91 Å². The number of hydrogen-bond acceptors (Lipinski definition) is 4. The van der Waals surface area contributed by atoms with Gasteiger partial charge in [-0.2, -0.15) is 0 Å². The smallest absolute Gasteiger partial charge is 0.321 e. The maximum atomic E-state index is 12.1. The molecule has 0 fully saturated rings. The Hall–Kier alpha value is -1.73. The number of halogens is 1. The molecule has 20 heavy (non-hydrogen) atoms. The Morgan fingerprint density at radius 1 is 1.40 bits per heavy atom. The minimum atomic E-state index is -0.501. The van der Waals surface area contributed by atoms with Crippen molar-refractivity contribution < 1.29 is 9.72 Å². The number of nitrogens with zero attached hydrogens (tertiary/aromatic N) is 1. The zero-order chi connectivity index (χ0) is 14.7. The Morgan fingerprint density at radius 2 is 2.15 bits per heavy atom. The van der Waals surface area contributed by atoms with E-state index in [9.17, 15) is 14.9 Å². The highest BCUT2D eigenvalue weighted by Crippen LogP contribution is 2.26. The second kappa shape index (κ2) is 6.15. The molecule has 0 radical (unpaired) electrons. The Morgan fingerprint density at radius 3 is 2.75 bits per heavy atom. The molecular weight excluding hydrogens is 344 g/mol. The molecule has 5 nitrogen and oxygen atoms in total. The lowest BCUT2D eigenvalue weighted by molar-refractivity contribution is -0.380. The van der Waals surface area contributed by atoms with Crippen molar-refractivity contribution >= 4 is 43.9 Å². The van der Waals surface area contributed by atoms with E-state index < -0.39 is 4.92 Å². The van der Waals surface area contributed by atoms with Gasteiger partial charge in [0, 0.05) is 16.2 Å². The highest BCUT2D eigenvalue weighted by Gasteiger charge is 2.16. The molecule has 0 aliphatic heterocycles. The average molecular weight is 355 g/mol. The van der Waals surface area contributed by atoms with Crippen LogP contribution in [0.2, 0.25) is 0 Å². The molecular formula is C13H11BrN2O3S. The van der Waals surface area contributed by atoms with Gasteiger partial charge in [-0.25, -0.2) is 0 Å². The maximum Gasteiger partial charge on any atom is 0.324 e. The van der Waals surface area contributed by atoms with E-state index in [-0.39, 0.29) is 10.9 Å². The fraction of sp³-hybridized carbons (Fsp3) is 0.154. The van der Waals surface area contributed by atoms with Crippen LogP contribution in [0.1, 0.15) is 22.2 Å². The fourth-order valence-electron chi connectivity index (χ4n) is 1.71. The predicted molar refractivity (Wildman–Crippen MR) is 82.4 cm³/mol. The van der Waals surface area contributed by atoms with Crippen LogP contribution in [0, 0.1) is 10.1 Å². The van der Waals surface area contributed by atoms with Crippen LogP contribution in [0.5, 0.6) is 0 Å². The summed E-state index contributed by atoms with van der Waals surface area (Å²) in [6, 6.07) is 8.38. The summed E-state index contributed by atoms with van der Waals surface area (Å²) in [4.78, 5) is 22.5. The first-order valence-corrected chi connectivity index (χ1v) is 7.46. The number of rotatable bonds is 4. The van der Waals surface area contributed by atoms with Gasteiger partial charge < -0.3 is 5.32 Å².